The fourth-order valence-electron chi connectivity index (χ4n) is 4.24. The molecule has 1 aromatic heterocycles. The van der Waals surface area contributed by atoms with Gasteiger partial charge in [-0.25, -0.2) is 9.59 Å². The number of nitrogens with zero attached hydrogens (tertiary/aromatic N) is 4. The average Bonchev–Trinajstić information content (AvgIpc) is 3.23. The second-order valence-electron chi connectivity index (χ2n) is 8.28. The van der Waals surface area contributed by atoms with Gasteiger partial charge < -0.3 is 9.64 Å². The number of piperidine rings is 1. The predicted molar refractivity (Wildman–Crippen MR) is 126 cm³/mol. The highest BCUT2D eigenvalue weighted by Crippen LogP contribution is 2.25. The Balaban J connectivity index is 1.36. The van der Waals surface area contributed by atoms with Crippen molar-refractivity contribution in [1.82, 2.24) is 14.7 Å². The molecule has 2 heterocycles. The molecule has 4 rings (SSSR count). The van der Waals surface area contributed by atoms with Crippen molar-refractivity contribution in [2.75, 3.05) is 31.6 Å². The van der Waals surface area contributed by atoms with Gasteiger partial charge in [0.25, 0.3) is 0 Å². The Kier molecular flexibility index (Phi) is 6.44. The number of carbonyl (C=O) groups is 3. The number of esters is 1. The molecular weight excluding hydrogens is 420 g/mol. The number of urea groups is 1. The lowest BCUT2D eigenvalue weighted by atomic mass is 9.88. The van der Waals surface area contributed by atoms with Crippen molar-refractivity contribution >= 4 is 34.4 Å². The summed E-state index contributed by atoms with van der Waals surface area (Å²) in [5, 5.41) is 5.19. The van der Waals surface area contributed by atoms with E-state index >= 15 is 0 Å². The highest BCUT2D eigenvalue weighted by Gasteiger charge is 2.29. The van der Waals surface area contributed by atoms with E-state index in [0.717, 1.165) is 10.9 Å². The largest absolute Gasteiger partial charge is 0.462 e. The van der Waals surface area contributed by atoms with Crippen molar-refractivity contribution in [3.63, 3.8) is 0 Å². The van der Waals surface area contributed by atoms with Crippen LogP contribution in [-0.2, 0) is 11.8 Å². The highest BCUT2D eigenvalue weighted by molar-refractivity contribution is 6.01. The summed E-state index contributed by atoms with van der Waals surface area (Å²) in [6.07, 6.45) is 3.03. The van der Waals surface area contributed by atoms with Crippen LogP contribution in [0, 0.1) is 5.92 Å². The molecule has 0 saturated carbocycles. The van der Waals surface area contributed by atoms with Gasteiger partial charge in [-0.05, 0) is 62.2 Å². The maximum Gasteiger partial charge on any atom is 0.338 e. The minimum Gasteiger partial charge on any atom is -0.462 e. The first-order valence-corrected chi connectivity index (χ1v) is 11.1. The van der Waals surface area contributed by atoms with Gasteiger partial charge in [0, 0.05) is 49.7 Å². The Morgan fingerprint density at radius 2 is 1.73 bits per heavy atom. The van der Waals surface area contributed by atoms with Crippen LogP contribution in [0.15, 0.2) is 48.7 Å². The topological polar surface area (TPSA) is 84.7 Å². The van der Waals surface area contributed by atoms with E-state index in [4.69, 9.17) is 4.74 Å². The predicted octanol–water partition coefficient (Wildman–Crippen LogP) is 3.90. The third-order valence-corrected chi connectivity index (χ3v) is 6.22. The van der Waals surface area contributed by atoms with Crippen molar-refractivity contribution in [2.45, 2.75) is 19.8 Å². The van der Waals surface area contributed by atoms with Gasteiger partial charge in [0.15, 0.2) is 5.78 Å². The normalized spacial score (nSPS) is 14.3. The Morgan fingerprint density at radius 1 is 1.06 bits per heavy atom. The Hall–Kier alpha value is -3.68. The van der Waals surface area contributed by atoms with E-state index in [1.165, 1.54) is 0 Å². The number of aryl methyl sites for hydroxylation is 1. The van der Waals surface area contributed by atoms with Crippen LogP contribution < -0.4 is 4.90 Å². The number of hydrogen-bond donors (Lipinski definition) is 0. The van der Waals surface area contributed by atoms with Crippen molar-refractivity contribution in [2.24, 2.45) is 13.0 Å². The summed E-state index contributed by atoms with van der Waals surface area (Å²) in [5.74, 6) is -0.361. The smallest absolute Gasteiger partial charge is 0.338 e. The molecule has 1 aliphatic rings. The van der Waals surface area contributed by atoms with Crippen LogP contribution in [0.4, 0.5) is 10.5 Å². The fraction of sp³-hybridized carbons (Fsp3) is 0.360. The molecule has 0 spiro atoms. The number of hydrogen-bond acceptors (Lipinski definition) is 5. The monoisotopic (exact) mass is 448 g/mol. The Morgan fingerprint density at radius 3 is 2.39 bits per heavy atom. The van der Waals surface area contributed by atoms with E-state index in [9.17, 15) is 14.4 Å². The molecule has 3 aromatic rings. The van der Waals surface area contributed by atoms with E-state index in [1.54, 1.807) is 58.9 Å². The molecule has 1 saturated heterocycles. The molecule has 2 amide bonds. The SMILES string of the molecule is CCOC(=O)c1ccc(N(C)C(=O)N2CCC(C(=O)c3ccc4c(cnn4C)c3)CC2)cc1. The van der Waals surface area contributed by atoms with Gasteiger partial charge in [-0.2, -0.15) is 5.10 Å². The van der Waals surface area contributed by atoms with E-state index in [0.29, 0.717) is 49.4 Å². The number of aromatic nitrogens is 2. The first-order chi connectivity index (χ1) is 15.9. The summed E-state index contributed by atoms with van der Waals surface area (Å²) in [7, 11) is 3.59. The molecule has 0 bridgehead atoms. The van der Waals surface area contributed by atoms with Gasteiger partial charge in [-0.15, -0.1) is 0 Å². The zero-order chi connectivity index (χ0) is 23.5. The van der Waals surface area contributed by atoms with Gasteiger partial charge in [-0.1, -0.05) is 0 Å². The highest BCUT2D eigenvalue weighted by atomic mass is 16.5. The van der Waals surface area contributed by atoms with E-state index in [1.807, 2.05) is 25.2 Å². The molecule has 1 aliphatic heterocycles. The zero-order valence-electron chi connectivity index (χ0n) is 19.2. The first kappa shape index (κ1) is 22.5. The summed E-state index contributed by atoms with van der Waals surface area (Å²) in [4.78, 5) is 41.2. The Bertz CT molecular complexity index is 1180. The molecule has 0 unspecified atom stereocenters. The summed E-state index contributed by atoms with van der Waals surface area (Å²) in [5.41, 5.74) is 2.82. The fourth-order valence-corrected chi connectivity index (χ4v) is 4.24. The van der Waals surface area contributed by atoms with Crippen LogP contribution in [0.1, 0.15) is 40.5 Å². The van der Waals surface area contributed by atoms with Gasteiger partial charge in [0.1, 0.15) is 0 Å². The number of likely N-dealkylation sites (tertiary alicyclic amines) is 1. The van der Waals surface area contributed by atoms with Crippen LogP contribution in [-0.4, -0.2) is 59.2 Å². The van der Waals surface area contributed by atoms with Crippen LogP contribution in [0.3, 0.4) is 0 Å². The third kappa shape index (κ3) is 4.60. The van der Waals surface area contributed by atoms with Crippen LogP contribution in [0.2, 0.25) is 0 Å². The summed E-state index contributed by atoms with van der Waals surface area (Å²) in [6, 6.07) is 12.3. The van der Waals surface area contributed by atoms with Gasteiger partial charge >= 0.3 is 12.0 Å². The quantitative estimate of drug-likeness (QED) is 0.437. The van der Waals surface area contributed by atoms with Crippen molar-refractivity contribution < 1.29 is 19.1 Å². The van der Waals surface area contributed by atoms with Crippen LogP contribution in [0.5, 0.6) is 0 Å². The van der Waals surface area contributed by atoms with E-state index in [-0.39, 0.29) is 23.7 Å². The zero-order valence-corrected chi connectivity index (χ0v) is 19.2. The molecule has 0 radical (unpaired) electrons. The summed E-state index contributed by atoms with van der Waals surface area (Å²) in [6.45, 7) is 3.12. The standard InChI is InChI=1S/C25H28N4O4/c1-4-33-24(31)18-5-8-21(9-6-18)27(2)25(32)29-13-11-17(12-14-29)23(30)19-7-10-22-20(15-19)16-26-28(22)3/h5-10,15-17H,4,11-14H2,1-3H3. The lowest BCUT2D eigenvalue weighted by molar-refractivity contribution is 0.0526. The maximum atomic E-state index is 13.0. The third-order valence-electron chi connectivity index (χ3n) is 6.22. The number of ether oxygens (including phenoxy) is 1. The lowest BCUT2D eigenvalue weighted by Gasteiger charge is -2.34. The molecular formula is C25H28N4O4. The van der Waals surface area contributed by atoms with E-state index < -0.39 is 0 Å². The first-order valence-electron chi connectivity index (χ1n) is 11.1. The molecule has 1 fully saturated rings. The second-order valence-corrected chi connectivity index (χ2v) is 8.28. The van der Waals surface area contributed by atoms with E-state index in [2.05, 4.69) is 5.10 Å². The minimum atomic E-state index is -0.382. The van der Waals surface area contributed by atoms with Crippen molar-refractivity contribution in [1.29, 1.82) is 0 Å². The van der Waals surface area contributed by atoms with Gasteiger partial charge in [-0.3, -0.25) is 14.4 Å². The number of carbonyl (C=O) groups excluding carboxylic acids is 3. The summed E-state index contributed by atoms with van der Waals surface area (Å²) >= 11 is 0. The second kappa shape index (κ2) is 9.44. The van der Waals surface area contributed by atoms with Crippen LogP contribution in [0.25, 0.3) is 10.9 Å². The molecule has 0 N–H and O–H groups in total. The molecule has 2 aromatic carbocycles. The minimum absolute atomic E-state index is 0.0997. The molecule has 172 valence electrons. The lowest BCUT2D eigenvalue weighted by Crippen LogP contribution is -2.46. The molecule has 0 aliphatic carbocycles. The number of fused-ring (bicyclic) bond motifs is 1. The number of Topliss-reactive ketones (excluding diaryl/α,β-unsaturated/α-hetero) is 1. The number of ketones is 1. The number of benzene rings is 2. The number of anilines is 1. The molecule has 8 nitrogen and oxygen atoms in total. The van der Waals surface area contributed by atoms with Crippen molar-refractivity contribution in [3.05, 3.63) is 59.8 Å². The molecule has 33 heavy (non-hydrogen) atoms. The maximum absolute atomic E-state index is 13.0. The Labute approximate surface area is 192 Å². The van der Waals surface area contributed by atoms with Crippen molar-refractivity contribution in [3.8, 4) is 0 Å². The average molecular weight is 449 g/mol. The van der Waals surface area contributed by atoms with Gasteiger partial charge in [0.2, 0.25) is 0 Å². The van der Waals surface area contributed by atoms with Crippen LogP contribution >= 0.6 is 0 Å². The summed E-state index contributed by atoms with van der Waals surface area (Å²) < 4.78 is 6.78. The molecule has 8 heteroatoms. The number of amides is 2. The van der Waals surface area contributed by atoms with Gasteiger partial charge in [0.05, 0.1) is 23.9 Å². The number of rotatable bonds is 5. The molecule has 0 atom stereocenters.